The van der Waals surface area contributed by atoms with Crippen molar-refractivity contribution in [2.45, 2.75) is 45.6 Å². The van der Waals surface area contributed by atoms with Crippen molar-refractivity contribution in [1.82, 2.24) is 10.3 Å². The number of carbonyl (C=O) groups is 2. The van der Waals surface area contributed by atoms with Gasteiger partial charge in [-0.1, -0.05) is 23.8 Å². The highest BCUT2D eigenvalue weighted by atomic mass is 16.5. The van der Waals surface area contributed by atoms with E-state index in [1.807, 2.05) is 6.08 Å². The summed E-state index contributed by atoms with van der Waals surface area (Å²) in [7, 11) is 0. The molecule has 0 unspecified atom stereocenters. The Kier molecular flexibility index (Phi) is 6.79. The molecule has 0 saturated carbocycles. The fraction of sp³-hybridized carbons (Fsp3) is 0.348. The summed E-state index contributed by atoms with van der Waals surface area (Å²) >= 11 is 0. The van der Waals surface area contributed by atoms with Crippen LogP contribution in [-0.4, -0.2) is 34.1 Å². The van der Waals surface area contributed by atoms with Gasteiger partial charge in [0.2, 0.25) is 0 Å². The van der Waals surface area contributed by atoms with E-state index in [1.54, 1.807) is 6.92 Å². The molecule has 8 heteroatoms. The number of nitrogens with zero attached hydrogens (tertiary/aromatic N) is 1. The van der Waals surface area contributed by atoms with Crippen molar-refractivity contribution < 1.29 is 28.9 Å². The van der Waals surface area contributed by atoms with Crippen LogP contribution in [0.2, 0.25) is 0 Å². The molecule has 1 aromatic rings. The van der Waals surface area contributed by atoms with Crippen LogP contribution in [0.1, 0.15) is 56.1 Å². The van der Waals surface area contributed by atoms with Gasteiger partial charge in [0.05, 0.1) is 6.61 Å². The molecule has 0 bridgehead atoms. The number of pyridine rings is 1. The second-order valence-electron chi connectivity index (χ2n) is 7.66. The van der Waals surface area contributed by atoms with Gasteiger partial charge in [-0.05, 0) is 39.7 Å². The van der Waals surface area contributed by atoms with Crippen molar-refractivity contribution in [3.63, 3.8) is 0 Å². The number of amides is 1. The van der Waals surface area contributed by atoms with E-state index in [0.717, 1.165) is 12.8 Å². The van der Waals surface area contributed by atoms with Crippen LogP contribution in [-0.2, 0) is 19.0 Å². The molecular weight excluding hydrogens is 400 g/mol. The van der Waals surface area contributed by atoms with E-state index < -0.39 is 17.4 Å². The van der Waals surface area contributed by atoms with E-state index in [9.17, 15) is 14.7 Å². The Hall–Kier alpha value is -3.55. The topological polar surface area (TPSA) is 107 Å². The summed E-state index contributed by atoms with van der Waals surface area (Å²) < 4.78 is 16.2. The maximum absolute atomic E-state index is 12.5. The summed E-state index contributed by atoms with van der Waals surface area (Å²) in [6, 6.07) is 1.36. The van der Waals surface area contributed by atoms with Crippen molar-refractivity contribution in [2.24, 2.45) is 0 Å². The Morgan fingerprint density at radius 1 is 1.32 bits per heavy atom. The Labute approximate surface area is 180 Å². The zero-order valence-electron chi connectivity index (χ0n) is 17.8. The molecule has 3 rings (SSSR count). The lowest BCUT2D eigenvalue weighted by Crippen LogP contribution is -2.50. The SMILES string of the molecule is CCOC(=O)C(C)(C)NC(=O)c1ncc(C2=COC=C(CC3=CC=CCC3)O2)cc1O. The second-order valence-corrected chi connectivity index (χ2v) is 7.66. The lowest BCUT2D eigenvalue weighted by molar-refractivity contribution is -0.149. The standard InChI is InChI=1S/C23H26N2O6/c1-4-30-22(28)23(2,3)25-21(27)20-18(26)11-16(12-24-20)19-14-29-13-17(31-19)10-15-8-6-5-7-9-15/h5-6,8,11-14,26H,4,7,9-10H2,1-3H3,(H,25,27). The fourth-order valence-electron chi connectivity index (χ4n) is 3.06. The molecule has 0 aromatic carbocycles. The Morgan fingerprint density at radius 2 is 2.13 bits per heavy atom. The van der Waals surface area contributed by atoms with Gasteiger partial charge in [0.25, 0.3) is 5.91 Å². The Balaban J connectivity index is 1.68. The zero-order valence-corrected chi connectivity index (χ0v) is 17.8. The van der Waals surface area contributed by atoms with E-state index in [2.05, 4.69) is 22.5 Å². The molecule has 1 aromatic heterocycles. The highest BCUT2D eigenvalue weighted by Crippen LogP contribution is 2.30. The van der Waals surface area contributed by atoms with Gasteiger partial charge in [0.1, 0.15) is 29.6 Å². The van der Waals surface area contributed by atoms with Crippen LogP contribution in [0, 0.1) is 0 Å². The molecule has 164 valence electrons. The van der Waals surface area contributed by atoms with Gasteiger partial charge in [-0.25, -0.2) is 9.78 Å². The number of ether oxygens (including phenoxy) is 3. The first-order valence-corrected chi connectivity index (χ1v) is 10.1. The lowest BCUT2D eigenvalue weighted by Gasteiger charge is -2.23. The third-order valence-corrected chi connectivity index (χ3v) is 4.70. The predicted molar refractivity (Wildman–Crippen MR) is 113 cm³/mol. The lowest BCUT2D eigenvalue weighted by atomic mass is 10.0. The van der Waals surface area contributed by atoms with Gasteiger partial charge in [0, 0.05) is 18.2 Å². The molecule has 0 spiro atoms. The summed E-state index contributed by atoms with van der Waals surface area (Å²) in [4.78, 5) is 28.6. The molecule has 0 fully saturated rings. The second kappa shape index (κ2) is 9.51. The molecule has 2 heterocycles. The van der Waals surface area contributed by atoms with Crippen LogP contribution in [0.5, 0.6) is 5.75 Å². The van der Waals surface area contributed by atoms with Gasteiger partial charge >= 0.3 is 5.97 Å². The Morgan fingerprint density at radius 3 is 2.81 bits per heavy atom. The number of carbonyl (C=O) groups excluding carboxylic acids is 2. The minimum Gasteiger partial charge on any atom is -0.505 e. The van der Waals surface area contributed by atoms with Crippen LogP contribution in [0.3, 0.4) is 0 Å². The molecule has 1 aliphatic carbocycles. The first-order valence-electron chi connectivity index (χ1n) is 10.1. The molecule has 2 N–H and O–H groups in total. The summed E-state index contributed by atoms with van der Waals surface area (Å²) in [5.74, 6) is -0.631. The summed E-state index contributed by atoms with van der Waals surface area (Å²) in [5, 5.41) is 12.9. The molecule has 1 aliphatic heterocycles. The van der Waals surface area contributed by atoms with Crippen LogP contribution < -0.4 is 5.32 Å². The van der Waals surface area contributed by atoms with Gasteiger partial charge in [-0.15, -0.1) is 0 Å². The van der Waals surface area contributed by atoms with Crippen molar-refractivity contribution in [2.75, 3.05) is 6.61 Å². The van der Waals surface area contributed by atoms with Crippen molar-refractivity contribution >= 4 is 17.6 Å². The minimum absolute atomic E-state index is 0.192. The molecular formula is C23H26N2O6. The molecule has 31 heavy (non-hydrogen) atoms. The molecule has 0 atom stereocenters. The molecule has 8 nitrogen and oxygen atoms in total. The number of hydrogen-bond acceptors (Lipinski definition) is 7. The number of aromatic hydroxyl groups is 1. The van der Waals surface area contributed by atoms with Crippen LogP contribution >= 0.6 is 0 Å². The quantitative estimate of drug-likeness (QED) is 0.640. The highest BCUT2D eigenvalue weighted by Gasteiger charge is 2.32. The number of hydrogen-bond donors (Lipinski definition) is 2. The zero-order chi connectivity index (χ0) is 22.4. The summed E-state index contributed by atoms with van der Waals surface area (Å²) in [6.45, 7) is 4.89. The average Bonchev–Trinajstić information content (AvgIpc) is 2.74. The van der Waals surface area contributed by atoms with Crippen LogP contribution in [0.15, 0.2) is 54.3 Å². The minimum atomic E-state index is -1.27. The third kappa shape index (κ3) is 5.53. The monoisotopic (exact) mass is 426 g/mol. The summed E-state index contributed by atoms with van der Waals surface area (Å²) in [6.07, 6.45) is 13.1. The van der Waals surface area contributed by atoms with Gasteiger partial charge in [-0.2, -0.15) is 0 Å². The number of rotatable bonds is 7. The van der Waals surface area contributed by atoms with E-state index in [1.165, 1.54) is 44.2 Å². The molecule has 1 amide bonds. The van der Waals surface area contributed by atoms with E-state index in [0.29, 0.717) is 23.5 Å². The normalized spacial score (nSPS) is 15.6. The fourth-order valence-corrected chi connectivity index (χ4v) is 3.06. The molecule has 0 radical (unpaired) electrons. The predicted octanol–water partition coefficient (Wildman–Crippen LogP) is 3.71. The van der Waals surface area contributed by atoms with Gasteiger partial charge < -0.3 is 24.6 Å². The molecule has 2 aliphatic rings. The first kappa shape index (κ1) is 22.1. The molecule has 0 saturated heterocycles. The van der Waals surface area contributed by atoms with E-state index >= 15 is 0 Å². The number of esters is 1. The maximum atomic E-state index is 12.5. The van der Waals surface area contributed by atoms with Crippen LogP contribution in [0.4, 0.5) is 0 Å². The van der Waals surface area contributed by atoms with Crippen molar-refractivity contribution in [3.05, 3.63) is 65.6 Å². The van der Waals surface area contributed by atoms with Crippen molar-refractivity contribution in [3.8, 4) is 5.75 Å². The number of nitrogens with one attached hydrogen (secondary N) is 1. The van der Waals surface area contributed by atoms with E-state index in [4.69, 9.17) is 14.2 Å². The van der Waals surface area contributed by atoms with E-state index in [-0.39, 0.29) is 18.1 Å². The van der Waals surface area contributed by atoms with Crippen LogP contribution in [0.25, 0.3) is 5.76 Å². The Bertz CT molecular complexity index is 988. The first-order chi connectivity index (χ1) is 14.8. The summed E-state index contributed by atoms with van der Waals surface area (Å²) in [5.41, 5.74) is 0.191. The largest absolute Gasteiger partial charge is 0.505 e. The third-order valence-electron chi connectivity index (χ3n) is 4.70. The van der Waals surface area contributed by atoms with Gasteiger partial charge in [-0.3, -0.25) is 4.79 Å². The van der Waals surface area contributed by atoms with Gasteiger partial charge in [0.15, 0.2) is 11.5 Å². The number of aromatic nitrogens is 1. The number of allylic oxidation sites excluding steroid dienone is 4. The smallest absolute Gasteiger partial charge is 0.331 e. The highest BCUT2D eigenvalue weighted by molar-refractivity contribution is 5.98. The maximum Gasteiger partial charge on any atom is 0.331 e. The average molecular weight is 426 g/mol. The van der Waals surface area contributed by atoms with Crippen molar-refractivity contribution in [1.29, 1.82) is 0 Å².